The van der Waals surface area contributed by atoms with Crippen molar-refractivity contribution in [3.63, 3.8) is 0 Å². The zero-order chi connectivity index (χ0) is 12.0. The first kappa shape index (κ1) is 9.90. The molecule has 0 unspecified atom stereocenters. The summed E-state index contributed by atoms with van der Waals surface area (Å²) in [7, 11) is 2.00. The highest BCUT2D eigenvalue weighted by Gasteiger charge is 2.13. The zero-order valence-electron chi connectivity index (χ0n) is 9.47. The maximum atomic E-state index is 11.5. The predicted molar refractivity (Wildman–Crippen MR) is 68.9 cm³/mol. The molecule has 0 saturated heterocycles. The number of nitrogens with two attached hydrogens (primary N) is 1. The van der Waals surface area contributed by atoms with Gasteiger partial charge in [0.1, 0.15) is 0 Å². The van der Waals surface area contributed by atoms with Crippen LogP contribution in [0.1, 0.15) is 10.4 Å². The van der Waals surface area contributed by atoms with Gasteiger partial charge < -0.3 is 10.3 Å². The molecule has 3 heteroatoms. The van der Waals surface area contributed by atoms with Gasteiger partial charge in [-0.05, 0) is 18.2 Å². The van der Waals surface area contributed by atoms with Gasteiger partial charge in [-0.25, -0.2) is 0 Å². The van der Waals surface area contributed by atoms with Crippen LogP contribution in [-0.2, 0) is 7.05 Å². The van der Waals surface area contributed by atoms with Gasteiger partial charge in [-0.1, -0.05) is 24.3 Å². The molecular weight excluding hydrogens is 212 g/mol. The SMILES string of the molecule is Cn1c2ccccc2c2c(C(N)=O)cccc21. The van der Waals surface area contributed by atoms with E-state index in [1.165, 1.54) is 0 Å². The highest BCUT2D eigenvalue weighted by molar-refractivity contribution is 6.17. The van der Waals surface area contributed by atoms with Crippen LogP contribution in [0.2, 0.25) is 0 Å². The molecule has 0 atom stereocenters. The number of para-hydroxylation sites is 1. The fourth-order valence-electron chi connectivity index (χ4n) is 2.42. The summed E-state index contributed by atoms with van der Waals surface area (Å²) in [5.41, 5.74) is 8.15. The van der Waals surface area contributed by atoms with Crippen LogP contribution in [0, 0.1) is 0 Å². The van der Waals surface area contributed by atoms with E-state index in [4.69, 9.17) is 5.73 Å². The maximum Gasteiger partial charge on any atom is 0.249 e. The fraction of sp³-hybridized carbons (Fsp3) is 0.0714. The third-order valence-electron chi connectivity index (χ3n) is 3.20. The van der Waals surface area contributed by atoms with Crippen molar-refractivity contribution < 1.29 is 4.79 Å². The minimum absolute atomic E-state index is 0.382. The number of amides is 1. The number of aromatic nitrogens is 1. The van der Waals surface area contributed by atoms with Gasteiger partial charge in [0.15, 0.2) is 0 Å². The normalized spacial score (nSPS) is 11.1. The Morgan fingerprint density at radius 3 is 2.53 bits per heavy atom. The van der Waals surface area contributed by atoms with Crippen molar-refractivity contribution in [3.05, 3.63) is 48.0 Å². The van der Waals surface area contributed by atoms with Crippen molar-refractivity contribution in [2.45, 2.75) is 0 Å². The molecule has 0 aliphatic carbocycles. The van der Waals surface area contributed by atoms with Crippen LogP contribution >= 0.6 is 0 Å². The summed E-state index contributed by atoms with van der Waals surface area (Å²) in [4.78, 5) is 11.5. The molecular formula is C14H12N2O. The van der Waals surface area contributed by atoms with Crippen LogP contribution in [0.3, 0.4) is 0 Å². The van der Waals surface area contributed by atoms with Crippen molar-refractivity contribution in [1.29, 1.82) is 0 Å². The number of hydrogen-bond donors (Lipinski definition) is 1. The van der Waals surface area contributed by atoms with E-state index in [0.717, 1.165) is 21.8 Å². The molecule has 0 aliphatic rings. The second-order valence-electron chi connectivity index (χ2n) is 4.14. The quantitative estimate of drug-likeness (QED) is 0.678. The van der Waals surface area contributed by atoms with Crippen molar-refractivity contribution in [3.8, 4) is 0 Å². The van der Waals surface area contributed by atoms with Crippen molar-refractivity contribution in [2.75, 3.05) is 0 Å². The Morgan fingerprint density at radius 2 is 1.76 bits per heavy atom. The number of hydrogen-bond acceptors (Lipinski definition) is 1. The molecule has 2 N–H and O–H groups in total. The summed E-state index contributed by atoms with van der Waals surface area (Å²) >= 11 is 0. The smallest absolute Gasteiger partial charge is 0.249 e. The summed E-state index contributed by atoms with van der Waals surface area (Å²) < 4.78 is 2.08. The largest absolute Gasteiger partial charge is 0.366 e. The van der Waals surface area contributed by atoms with Gasteiger partial charge in [-0.2, -0.15) is 0 Å². The summed E-state index contributed by atoms with van der Waals surface area (Å²) in [6.07, 6.45) is 0. The standard InChI is InChI=1S/C14H12N2O/c1-16-11-7-3-2-5-9(11)13-10(14(15)17)6-4-8-12(13)16/h2-8H,1H3,(H2,15,17). The Morgan fingerprint density at radius 1 is 1.06 bits per heavy atom. The van der Waals surface area contributed by atoms with E-state index in [9.17, 15) is 4.79 Å². The van der Waals surface area contributed by atoms with Gasteiger partial charge in [0.2, 0.25) is 5.91 Å². The molecule has 3 nitrogen and oxygen atoms in total. The number of carbonyl (C=O) groups is 1. The average Bonchev–Trinajstić information content (AvgIpc) is 2.64. The second-order valence-corrected chi connectivity index (χ2v) is 4.14. The first-order chi connectivity index (χ1) is 8.20. The van der Waals surface area contributed by atoms with Crippen LogP contribution in [0.5, 0.6) is 0 Å². The summed E-state index contributed by atoms with van der Waals surface area (Å²) in [5.74, 6) is -0.382. The lowest BCUT2D eigenvalue weighted by Gasteiger charge is -1.99. The molecule has 84 valence electrons. The Hall–Kier alpha value is -2.29. The number of fused-ring (bicyclic) bond motifs is 3. The topological polar surface area (TPSA) is 48.0 Å². The molecule has 0 bridgehead atoms. The number of primary amides is 1. The lowest BCUT2D eigenvalue weighted by Crippen LogP contribution is -2.11. The summed E-state index contributed by atoms with van der Waals surface area (Å²) in [6.45, 7) is 0. The predicted octanol–water partition coefficient (Wildman–Crippen LogP) is 2.43. The lowest BCUT2D eigenvalue weighted by molar-refractivity contribution is 0.100. The first-order valence-electron chi connectivity index (χ1n) is 5.46. The van der Waals surface area contributed by atoms with Gasteiger partial charge >= 0.3 is 0 Å². The molecule has 0 saturated carbocycles. The minimum Gasteiger partial charge on any atom is -0.366 e. The Kier molecular flexibility index (Phi) is 1.95. The lowest BCUT2D eigenvalue weighted by atomic mass is 10.1. The second kappa shape index (κ2) is 3.35. The molecule has 0 radical (unpaired) electrons. The van der Waals surface area contributed by atoms with E-state index < -0.39 is 0 Å². The number of aryl methyl sites for hydroxylation is 1. The molecule has 1 amide bonds. The van der Waals surface area contributed by atoms with Crippen molar-refractivity contribution in [1.82, 2.24) is 4.57 Å². The average molecular weight is 224 g/mol. The molecule has 3 rings (SSSR count). The zero-order valence-corrected chi connectivity index (χ0v) is 9.47. The Labute approximate surface area is 98.4 Å². The van der Waals surface area contributed by atoms with Crippen LogP contribution in [0.25, 0.3) is 21.8 Å². The number of benzene rings is 2. The molecule has 0 spiro atoms. The molecule has 0 aliphatic heterocycles. The molecule has 1 aromatic heterocycles. The van der Waals surface area contributed by atoms with Gasteiger partial charge in [0.25, 0.3) is 0 Å². The van der Waals surface area contributed by atoms with Gasteiger partial charge in [0, 0.05) is 34.4 Å². The molecule has 17 heavy (non-hydrogen) atoms. The number of rotatable bonds is 1. The minimum atomic E-state index is -0.382. The van der Waals surface area contributed by atoms with Crippen LogP contribution in [-0.4, -0.2) is 10.5 Å². The maximum absolute atomic E-state index is 11.5. The number of nitrogens with zero attached hydrogens (tertiary/aromatic N) is 1. The highest BCUT2D eigenvalue weighted by atomic mass is 16.1. The Bertz CT molecular complexity index is 740. The third-order valence-corrected chi connectivity index (χ3v) is 3.20. The van der Waals surface area contributed by atoms with Crippen LogP contribution in [0.15, 0.2) is 42.5 Å². The molecule has 0 fully saturated rings. The van der Waals surface area contributed by atoms with Crippen LogP contribution < -0.4 is 5.73 Å². The molecule has 3 aromatic rings. The van der Waals surface area contributed by atoms with Crippen LogP contribution in [0.4, 0.5) is 0 Å². The monoisotopic (exact) mass is 224 g/mol. The first-order valence-corrected chi connectivity index (χ1v) is 5.46. The van der Waals surface area contributed by atoms with Gasteiger partial charge in [0.05, 0.1) is 0 Å². The molecule has 1 heterocycles. The Balaban J connectivity index is 2.63. The fourth-order valence-corrected chi connectivity index (χ4v) is 2.42. The summed E-state index contributed by atoms with van der Waals surface area (Å²) in [5, 5.41) is 2.01. The van der Waals surface area contributed by atoms with E-state index in [2.05, 4.69) is 4.57 Å². The third kappa shape index (κ3) is 1.25. The van der Waals surface area contributed by atoms with E-state index in [0.29, 0.717) is 5.56 Å². The summed E-state index contributed by atoms with van der Waals surface area (Å²) in [6, 6.07) is 13.7. The van der Waals surface area contributed by atoms with E-state index >= 15 is 0 Å². The number of carbonyl (C=O) groups excluding carboxylic acids is 1. The highest BCUT2D eigenvalue weighted by Crippen LogP contribution is 2.30. The van der Waals surface area contributed by atoms with E-state index in [-0.39, 0.29) is 5.91 Å². The van der Waals surface area contributed by atoms with E-state index in [1.54, 1.807) is 6.07 Å². The molecule has 2 aromatic carbocycles. The van der Waals surface area contributed by atoms with Crippen molar-refractivity contribution in [2.24, 2.45) is 12.8 Å². The van der Waals surface area contributed by atoms with Gasteiger partial charge in [-0.3, -0.25) is 4.79 Å². The van der Waals surface area contributed by atoms with Gasteiger partial charge in [-0.15, -0.1) is 0 Å². The van der Waals surface area contributed by atoms with E-state index in [1.807, 2.05) is 43.4 Å². The van der Waals surface area contributed by atoms with Crippen molar-refractivity contribution >= 4 is 27.7 Å².